The standard InChI is InChI=1S/C54H89ClN8O8/c1-35(56-9)47(64)59-45(53(3,4)5)51(68)62-29-17-23-43(62)49(66)57-41(39-19-13-11-14-20-39)33-70-31-37-25-27-38(28-26-37)32-71-34-42(40-21-15-12-16-22-40)58-50(67)44-24-18-30-63(44)52(69)46(54(6,7)8)60-48(65)36(2)61(10)55/h25-28,35-36,39-46,56H,11-24,29-34H2,1-10H3,(H,57,66)(H,58,67)(H,59,64)(H,60,65)/t35-,36-,41+,42+,43-,44-,45+,46+/m0/s1. The minimum Gasteiger partial charge on any atom is -0.375 e. The van der Waals surface area contributed by atoms with E-state index in [0.717, 1.165) is 62.5 Å². The summed E-state index contributed by atoms with van der Waals surface area (Å²) in [4.78, 5) is 85.7. The zero-order valence-corrected chi connectivity index (χ0v) is 45.5. The molecule has 16 nitrogen and oxygen atoms in total. The van der Waals surface area contributed by atoms with E-state index in [9.17, 15) is 28.8 Å². The van der Waals surface area contributed by atoms with Gasteiger partial charge in [0.2, 0.25) is 35.4 Å². The Morgan fingerprint density at radius 3 is 1.34 bits per heavy atom. The Labute approximate surface area is 430 Å². The van der Waals surface area contributed by atoms with Gasteiger partial charge in [-0.3, -0.25) is 28.8 Å². The number of nitrogens with one attached hydrogen (secondary N) is 5. The minimum atomic E-state index is -0.833. The number of amides is 6. The van der Waals surface area contributed by atoms with Crippen LogP contribution in [0.1, 0.15) is 156 Å². The highest BCUT2D eigenvalue weighted by atomic mass is 35.5. The lowest BCUT2D eigenvalue weighted by Gasteiger charge is -2.37. The Hall–Kier alpha value is -3.83. The van der Waals surface area contributed by atoms with Crippen molar-refractivity contribution < 1.29 is 38.2 Å². The smallest absolute Gasteiger partial charge is 0.246 e. The molecule has 0 bridgehead atoms. The molecule has 1 aromatic rings. The fourth-order valence-corrected chi connectivity index (χ4v) is 10.7. The molecule has 0 unspecified atom stereocenters. The highest BCUT2D eigenvalue weighted by molar-refractivity contribution is 6.14. The maximum Gasteiger partial charge on any atom is 0.246 e. The average molecular weight is 1010 g/mol. The third-order valence-corrected chi connectivity index (χ3v) is 15.8. The summed E-state index contributed by atoms with van der Waals surface area (Å²) in [5.41, 5.74) is 0.829. The molecule has 2 aliphatic carbocycles. The third kappa shape index (κ3) is 16.6. The molecule has 2 saturated heterocycles. The maximum atomic E-state index is 14.1. The fraction of sp³-hybridized carbons (Fsp3) is 0.778. The summed E-state index contributed by atoms with van der Waals surface area (Å²) < 4.78 is 14.0. The number of hydrogen-bond donors (Lipinski definition) is 5. The van der Waals surface area contributed by atoms with Crippen molar-refractivity contribution in [3.8, 4) is 0 Å². The van der Waals surface area contributed by atoms with Gasteiger partial charge in [0, 0.05) is 20.1 Å². The van der Waals surface area contributed by atoms with Crippen LogP contribution in [0.25, 0.3) is 0 Å². The number of carbonyl (C=O) groups excluding carboxylic acids is 6. The number of ether oxygens (including phenoxy) is 2. The maximum absolute atomic E-state index is 14.1. The largest absolute Gasteiger partial charge is 0.375 e. The average Bonchev–Trinajstić information content (AvgIpc) is 4.05. The molecule has 4 aliphatic rings. The molecule has 8 atom stereocenters. The number of halogens is 1. The molecule has 5 N–H and O–H groups in total. The van der Waals surface area contributed by atoms with Crippen molar-refractivity contribution in [2.45, 2.75) is 207 Å². The SMILES string of the molecule is CN[C@@H](C)C(=O)N[C@H](C(=O)N1CCC[C@H]1C(=O)N[C@H](COCc1ccc(COC[C@@H](NC(=O)[C@@H]2CCCN2C(=O)[C@@H](NC(=O)[C@H](C)N(C)Cl)C(C)(C)C)C2CCCCC2)cc1)C1CCCCC1)C(C)(C)C. The summed E-state index contributed by atoms with van der Waals surface area (Å²) in [7, 11) is 3.30. The van der Waals surface area contributed by atoms with Crippen LogP contribution in [-0.4, -0.2) is 138 Å². The first kappa shape index (κ1) is 58.1. The van der Waals surface area contributed by atoms with Crippen LogP contribution >= 0.6 is 11.8 Å². The number of likely N-dealkylation sites (tertiary alicyclic amines) is 2. The van der Waals surface area contributed by atoms with Crippen molar-refractivity contribution >= 4 is 47.2 Å². The molecule has 4 fully saturated rings. The molecule has 5 rings (SSSR count). The number of benzene rings is 1. The minimum absolute atomic E-state index is 0.166. The van der Waals surface area contributed by atoms with Crippen molar-refractivity contribution in [1.29, 1.82) is 0 Å². The van der Waals surface area contributed by atoms with Gasteiger partial charge in [-0.2, -0.15) is 0 Å². The molecular weight excluding hydrogens is 924 g/mol. The van der Waals surface area contributed by atoms with Gasteiger partial charge in [-0.15, -0.1) is 0 Å². The van der Waals surface area contributed by atoms with E-state index in [0.29, 0.717) is 65.2 Å². The van der Waals surface area contributed by atoms with Crippen LogP contribution in [-0.2, 0) is 51.5 Å². The molecule has 2 saturated carbocycles. The van der Waals surface area contributed by atoms with Crippen LogP contribution in [0.15, 0.2) is 24.3 Å². The first-order chi connectivity index (χ1) is 33.6. The zero-order chi connectivity index (χ0) is 52.0. The number of rotatable bonds is 22. The summed E-state index contributed by atoms with van der Waals surface area (Å²) in [5.74, 6) is -0.913. The van der Waals surface area contributed by atoms with Crippen LogP contribution in [0.3, 0.4) is 0 Å². The molecule has 6 amide bonds. The zero-order valence-electron chi connectivity index (χ0n) is 44.7. The second-order valence-electron chi connectivity index (χ2n) is 23.1. The summed E-state index contributed by atoms with van der Waals surface area (Å²) >= 11 is 6.08. The lowest BCUT2D eigenvalue weighted by molar-refractivity contribution is -0.144. The quantitative estimate of drug-likeness (QED) is 0.0865. The molecule has 0 radical (unpaired) electrons. The highest BCUT2D eigenvalue weighted by Crippen LogP contribution is 2.31. The van der Waals surface area contributed by atoms with Crippen molar-refractivity contribution in [2.24, 2.45) is 22.7 Å². The Bertz CT molecular complexity index is 1910. The van der Waals surface area contributed by atoms with Crippen molar-refractivity contribution in [3.63, 3.8) is 0 Å². The van der Waals surface area contributed by atoms with Gasteiger partial charge in [-0.1, -0.05) is 104 Å². The summed E-state index contributed by atoms with van der Waals surface area (Å²) in [6.07, 6.45) is 13.3. The Morgan fingerprint density at radius 1 is 0.606 bits per heavy atom. The summed E-state index contributed by atoms with van der Waals surface area (Å²) in [5, 5.41) is 15.5. The molecule has 17 heteroatoms. The van der Waals surface area contributed by atoms with E-state index in [2.05, 4.69) is 26.6 Å². The van der Waals surface area contributed by atoms with Gasteiger partial charge in [-0.05, 0) is 118 Å². The van der Waals surface area contributed by atoms with Gasteiger partial charge < -0.3 is 45.9 Å². The molecular formula is C54H89ClN8O8. The highest BCUT2D eigenvalue weighted by Gasteiger charge is 2.45. The number of likely N-dealkylation sites (N-methyl/N-ethyl adjacent to an activating group) is 2. The predicted octanol–water partition coefficient (Wildman–Crippen LogP) is 5.98. The first-order valence-electron chi connectivity index (χ1n) is 26.7. The van der Waals surface area contributed by atoms with E-state index in [-0.39, 0.29) is 59.4 Å². The van der Waals surface area contributed by atoms with E-state index in [1.54, 1.807) is 37.7 Å². The molecule has 400 valence electrons. The van der Waals surface area contributed by atoms with E-state index >= 15 is 0 Å². The monoisotopic (exact) mass is 1010 g/mol. The number of hydrogen-bond acceptors (Lipinski definition) is 10. The Balaban J connectivity index is 1.16. The predicted molar refractivity (Wildman–Crippen MR) is 277 cm³/mol. The topological polar surface area (TPSA) is 191 Å². The van der Waals surface area contributed by atoms with E-state index in [1.165, 1.54) is 17.3 Å². The van der Waals surface area contributed by atoms with Crippen LogP contribution in [0.5, 0.6) is 0 Å². The Morgan fingerprint density at radius 2 is 0.986 bits per heavy atom. The van der Waals surface area contributed by atoms with Gasteiger partial charge in [-0.25, -0.2) is 4.42 Å². The Kier molecular flexibility index (Phi) is 22.0. The molecule has 2 heterocycles. The van der Waals surface area contributed by atoms with Gasteiger partial charge in [0.1, 0.15) is 30.2 Å². The molecule has 0 spiro atoms. The van der Waals surface area contributed by atoms with Gasteiger partial charge >= 0.3 is 0 Å². The van der Waals surface area contributed by atoms with Gasteiger partial charge in [0.05, 0.1) is 44.6 Å². The summed E-state index contributed by atoms with van der Waals surface area (Å²) in [6, 6.07) is 3.75. The van der Waals surface area contributed by atoms with Crippen LogP contribution in [0.2, 0.25) is 0 Å². The second-order valence-corrected chi connectivity index (χ2v) is 23.6. The fourth-order valence-electron chi connectivity index (χ4n) is 10.6. The van der Waals surface area contributed by atoms with E-state index < -0.39 is 47.1 Å². The van der Waals surface area contributed by atoms with Crippen LogP contribution in [0.4, 0.5) is 0 Å². The number of carbonyl (C=O) groups is 6. The van der Waals surface area contributed by atoms with Crippen LogP contribution < -0.4 is 26.6 Å². The van der Waals surface area contributed by atoms with Crippen molar-refractivity contribution in [2.75, 3.05) is 40.4 Å². The first-order valence-corrected chi connectivity index (χ1v) is 27.1. The van der Waals surface area contributed by atoms with Gasteiger partial charge in [0.25, 0.3) is 0 Å². The van der Waals surface area contributed by atoms with E-state index in [1.807, 2.05) is 65.8 Å². The summed E-state index contributed by atoms with van der Waals surface area (Å²) in [6.45, 7) is 17.3. The molecule has 1 aromatic carbocycles. The van der Waals surface area contributed by atoms with E-state index in [4.69, 9.17) is 21.3 Å². The molecule has 71 heavy (non-hydrogen) atoms. The molecule has 0 aromatic heterocycles. The normalized spacial score (nSPS) is 22.0. The third-order valence-electron chi connectivity index (χ3n) is 15.5. The lowest BCUT2D eigenvalue weighted by Crippen LogP contribution is -2.60. The van der Waals surface area contributed by atoms with Gasteiger partial charge in [0.15, 0.2) is 0 Å². The molecule has 2 aliphatic heterocycles. The number of nitrogens with zero attached hydrogens (tertiary/aromatic N) is 3. The van der Waals surface area contributed by atoms with Crippen molar-refractivity contribution in [3.05, 3.63) is 35.4 Å². The van der Waals surface area contributed by atoms with Crippen LogP contribution in [0, 0.1) is 22.7 Å². The second kappa shape index (κ2) is 26.9. The lowest BCUT2D eigenvalue weighted by atomic mass is 9.84. The van der Waals surface area contributed by atoms with Crippen molar-refractivity contribution in [1.82, 2.24) is 40.8 Å².